The maximum absolute atomic E-state index is 13.6. The molecule has 1 fully saturated rings. The van der Waals surface area contributed by atoms with Crippen LogP contribution in [0.25, 0.3) is 10.9 Å². The van der Waals surface area contributed by atoms with Crippen molar-refractivity contribution in [1.29, 1.82) is 0 Å². The molecule has 1 aliphatic carbocycles. The lowest BCUT2D eigenvalue weighted by Crippen LogP contribution is -2.31. The van der Waals surface area contributed by atoms with Gasteiger partial charge in [0.1, 0.15) is 5.82 Å². The molecule has 1 aromatic heterocycles. The Labute approximate surface area is 148 Å². The molecule has 1 atom stereocenters. The van der Waals surface area contributed by atoms with Crippen molar-refractivity contribution in [2.45, 2.75) is 44.2 Å². The summed E-state index contributed by atoms with van der Waals surface area (Å²) < 4.78 is 51.6. The van der Waals surface area contributed by atoms with Gasteiger partial charge < -0.3 is 5.11 Å². The lowest BCUT2D eigenvalue weighted by atomic mass is 9.72. The maximum Gasteiger partial charge on any atom is 0.389 e. The molecule has 3 nitrogen and oxygen atoms in total. The molecule has 1 aliphatic rings. The minimum atomic E-state index is -4.49. The van der Waals surface area contributed by atoms with E-state index in [-0.39, 0.29) is 11.7 Å². The summed E-state index contributed by atoms with van der Waals surface area (Å²) in [5, 5.41) is 9.90. The molecule has 0 bridgehead atoms. The molecule has 1 unspecified atom stereocenters. The third kappa shape index (κ3) is 4.14. The largest absolute Gasteiger partial charge is 0.481 e. The number of carboxylic acids is 1. The zero-order valence-electron chi connectivity index (χ0n) is 14.0. The Balaban J connectivity index is 1.76. The number of hydrogen-bond acceptors (Lipinski definition) is 2. The Morgan fingerprint density at radius 1 is 1.19 bits per heavy atom. The summed E-state index contributed by atoms with van der Waals surface area (Å²) in [6.07, 6.45) is -2.14. The molecule has 0 saturated heterocycles. The van der Waals surface area contributed by atoms with Gasteiger partial charge in [0.2, 0.25) is 0 Å². The first-order chi connectivity index (χ1) is 12.2. The normalized spacial score (nSPS) is 22.3. The van der Waals surface area contributed by atoms with Crippen LogP contribution in [0.4, 0.5) is 17.6 Å². The van der Waals surface area contributed by atoms with Gasteiger partial charge in [-0.15, -0.1) is 0 Å². The fraction of sp³-hybridized carbons (Fsp3) is 0.474. The highest BCUT2D eigenvalue weighted by Crippen LogP contribution is 2.43. The average Bonchev–Trinajstić information content (AvgIpc) is 2.58. The molecule has 0 amide bonds. The first-order valence-corrected chi connectivity index (χ1v) is 8.58. The summed E-state index contributed by atoms with van der Waals surface area (Å²) in [7, 11) is 0. The van der Waals surface area contributed by atoms with Crippen molar-refractivity contribution in [3.05, 3.63) is 41.8 Å². The fourth-order valence-corrected chi connectivity index (χ4v) is 4.03. The van der Waals surface area contributed by atoms with Crippen molar-refractivity contribution in [3.8, 4) is 0 Å². The first-order valence-electron chi connectivity index (χ1n) is 8.58. The van der Waals surface area contributed by atoms with E-state index in [9.17, 15) is 27.5 Å². The Morgan fingerprint density at radius 2 is 1.88 bits per heavy atom. The highest BCUT2D eigenvalue weighted by Gasteiger charge is 2.41. The number of alkyl halides is 3. The quantitative estimate of drug-likeness (QED) is 0.744. The Bertz CT molecular complexity index is 798. The van der Waals surface area contributed by atoms with Crippen molar-refractivity contribution in [2.75, 3.05) is 0 Å². The molecule has 0 radical (unpaired) electrons. The molecule has 140 valence electrons. The van der Waals surface area contributed by atoms with Gasteiger partial charge in [-0.3, -0.25) is 9.78 Å². The molecule has 2 aromatic rings. The molecular weight excluding hydrogens is 350 g/mol. The summed E-state index contributed by atoms with van der Waals surface area (Å²) >= 11 is 0. The summed E-state index contributed by atoms with van der Waals surface area (Å²) in [5.41, 5.74) is 1.60. The van der Waals surface area contributed by atoms with Gasteiger partial charge in [0.25, 0.3) is 0 Å². The lowest BCUT2D eigenvalue weighted by molar-refractivity contribution is -0.168. The van der Waals surface area contributed by atoms with E-state index < -0.39 is 30.4 Å². The summed E-state index contributed by atoms with van der Waals surface area (Å²) in [5.74, 6) is -3.57. The lowest BCUT2D eigenvalue weighted by Gasteiger charge is -2.33. The van der Waals surface area contributed by atoms with E-state index in [4.69, 9.17) is 0 Å². The molecule has 7 heteroatoms. The second-order valence-electron chi connectivity index (χ2n) is 6.94. The van der Waals surface area contributed by atoms with Crippen molar-refractivity contribution < 1.29 is 27.5 Å². The topological polar surface area (TPSA) is 50.2 Å². The van der Waals surface area contributed by atoms with E-state index in [1.165, 1.54) is 12.1 Å². The molecular formula is C19H19F4NO2. The van der Waals surface area contributed by atoms with Gasteiger partial charge >= 0.3 is 12.1 Å². The summed E-state index contributed by atoms with van der Waals surface area (Å²) in [6, 6.07) is 6.18. The monoisotopic (exact) mass is 369 g/mol. The molecule has 0 spiro atoms. The number of aromatic nitrogens is 1. The highest BCUT2D eigenvalue weighted by atomic mass is 19.4. The number of carbonyl (C=O) groups is 1. The number of hydrogen-bond donors (Lipinski definition) is 1. The van der Waals surface area contributed by atoms with Crippen LogP contribution in [0.2, 0.25) is 0 Å². The summed E-state index contributed by atoms with van der Waals surface area (Å²) in [4.78, 5) is 15.5. The van der Waals surface area contributed by atoms with Crippen molar-refractivity contribution in [3.63, 3.8) is 0 Å². The smallest absolute Gasteiger partial charge is 0.389 e. The van der Waals surface area contributed by atoms with Crippen LogP contribution in [0.1, 0.15) is 43.6 Å². The van der Waals surface area contributed by atoms with E-state index >= 15 is 0 Å². The maximum atomic E-state index is 13.6. The Hall–Kier alpha value is -2.18. The number of benzene rings is 1. The molecule has 26 heavy (non-hydrogen) atoms. The number of pyridine rings is 1. The number of rotatable bonds is 4. The first kappa shape index (κ1) is 18.6. The fourth-order valence-electron chi connectivity index (χ4n) is 4.03. The van der Waals surface area contributed by atoms with Gasteiger partial charge in [0.05, 0.1) is 17.9 Å². The van der Waals surface area contributed by atoms with Crippen LogP contribution in [0, 0.1) is 17.7 Å². The summed E-state index contributed by atoms with van der Waals surface area (Å²) in [6.45, 7) is 0. The van der Waals surface area contributed by atoms with Crippen molar-refractivity contribution in [1.82, 2.24) is 4.98 Å². The highest BCUT2D eigenvalue weighted by molar-refractivity contribution is 5.82. The van der Waals surface area contributed by atoms with Crippen LogP contribution in [-0.4, -0.2) is 22.2 Å². The minimum Gasteiger partial charge on any atom is -0.481 e. The zero-order chi connectivity index (χ0) is 18.9. The molecule has 1 aromatic carbocycles. The molecule has 1 heterocycles. The average molecular weight is 369 g/mol. The van der Waals surface area contributed by atoms with Gasteiger partial charge in [0, 0.05) is 11.6 Å². The number of nitrogens with zero attached hydrogens (tertiary/aromatic N) is 1. The molecule has 1 saturated carbocycles. The number of halogens is 4. The van der Waals surface area contributed by atoms with E-state index in [0.29, 0.717) is 36.6 Å². The van der Waals surface area contributed by atoms with E-state index in [2.05, 4.69) is 4.98 Å². The predicted octanol–water partition coefficient (Wildman–Crippen LogP) is 5.30. The van der Waals surface area contributed by atoms with Gasteiger partial charge in [-0.2, -0.15) is 13.2 Å². The van der Waals surface area contributed by atoms with Gasteiger partial charge in [-0.1, -0.05) is 0 Å². The van der Waals surface area contributed by atoms with Gasteiger partial charge in [-0.05, 0) is 67.3 Å². The number of aliphatic carboxylic acids is 1. The van der Waals surface area contributed by atoms with Crippen LogP contribution in [0.3, 0.4) is 0 Å². The number of fused-ring (bicyclic) bond motifs is 1. The second-order valence-corrected chi connectivity index (χ2v) is 6.94. The minimum absolute atomic E-state index is 0.0684. The van der Waals surface area contributed by atoms with Gasteiger partial charge in [0.15, 0.2) is 0 Å². The Morgan fingerprint density at radius 3 is 2.50 bits per heavy atom. The zero-order valence-corrected chi connectivity index (χ0v) is 14.0. The number of carboxylic acid groups (broad SMARTS) is 1. The van der Waals surface area contributed by atoms with Crippen LogP contribution < -0.4 is 0 Å². The molecule has 1 N–H and O–H groups in total. The predicted molar refractivity (Wildman–Crippen MR) is 88.2 cm³/mol. The van der Waals surface area contributed by atoms with Crippen molar-refractivity contribution >= 4 is 16.9 Å². The van der Waals surface area contributed by atoms with Crippen LogP contribution in [-0.2, 0) is 4.79 Å². The second kappa shape index (κ2) is 7.21. The van der Waals surface area contributed by atoms with Crippen LogP contribution in [0.5, 0.6) is 0 Å². The third-order valence-corrected chi connectivity index (χ3v) is 5.29. The Kier molecular flexibility index (Phi) is 5.16. The van der Waals surface area contributed by atoms with Crippen molar-refractivity contribution in [2.24, 2.45) is 11.8 Å². The van der Waals surface area contributed by atoms with Crippen LogP contribution >= 0.6 is 0 Å². The van der Waals surface area contributed by atoms with Gasteiger partial charge in [-0.25, -0.2) is 4.39 Å². The third-order valence-electron chi connectivity index (χ3n) is 5.29. The molecule has 3 rings (SSSR count). The van der Waals surface area contributed by atoms with E-state index in [0.717, 1.165) is 5.56 Å². The van der Waals surface area contributed by atoms with Crippen LogP contribution in [0.15, 0.2) is 30.5 Å². The molecule has 0 aliphatic heterocycles. The van der Waals surface area contributed by atoms with E-state index in [1.54, 1.807) is 12.3 Å². The standard InChI is InChI=1S/C19H19F4NO2/c20-13-5-6-17-15(9-13)14(7-8-24-17)11-1-3-12(4-2-11)16(18(25)26)10-19(21,22)23/h5-9,11-12,16H,1-4,10H2,(H,25,26). The van der Waals surface area contributed by atoms with E-state index in [1.807, 2.05) is 6.07 Å². The SMILES string of the molecule is O=C(O)C(CC(F)(F)F)C1CCC(c2ccnc3ccc(F)cc23)CC1.